The van der Waals surface area contributed by atoms with Gasteiger partial charge in [0.25, 0.3) is 0 Å². The Balaban J connectivity index is 1.33. The first-order chi connectivity index (χ1) is 17.7. The van der Waals surface area contributed by atoms with Crippen molar-refractivity contribution in [2.24, 2.45) is 0 Å². The van der Waals surface area contributed by atoms with E-state index < -0.39 is 0 Å². The molecule has 0 aliphatic heterocycles. The molecule has 36 heavy (non-hydrogen) atoms. The molecule has 2 aliphatic rings. The summed E-state index contributed by atoms with van der Waals surface area (Å²) in [5.41, 5.74) is 13.0. The fourth-order valence-electron chi connectivity index (χ4n) is 5.87. The van der Waals surface area contributed by atoms with Gasteiger partial charge in [0.1, 0.15) is 16.9 Å². The van der Waals surface area contributed by atoms with E-state index in [-0.39, 0.29) is 0 Å². The topological polar surface area (TPSA) is 94.5 Å². The molecule has 3 heterocycles. The average Bonchev–Trinajstić information content (AvgIpc) is 3.62. The maximum absolute atomic E-state index is 6.26. The Morgan fingerprint density at radius 1 is 0.917 bits per heavy atom. The van der Waals surface area contributed by atoms with Crippen LogP contribution in [0.15, 0.2) is 42.9 Å². The Hall–Kier alpha value is -3.48. The quantitative estimate of drug-likeness (QED) is 0.330. The van der Waals surface area contributed by atoms with Gasteiger partial charge in [0.05, 0.1) is 17.6 Å². The summed E-state index contributed by atoms with van der Waals surface area (Å²) in [6, 6.07) is 9.36. The molecule has 7 heteroatoms. The van der Waals surface area contributed by atoms with Gasteiger partial charge in [-0.15, -0.1) is 0 Å². The molecule has 0 bridgehead atoms. The maximum atomic E-state index is 6.26. The highest BCUT2D eigenvalue weighted by Crippen LogP contribution is 2.34. The number of nitrogen functional groups attached to an aromatic ring is 1. The standard InChI is InChI=1S/C29H35N7/c1-2-25-29(33-22-10-6-7-11-22)35-26-24(17-31-28(30)27(26)34-25)21-16-32-36(18-21)23-14-12-20(13-15-23)19-8-4-3-5-9-19/h12-19,22H,2-11H2,1H3,(H2,30,31)(H,33,35). The summed E-state index contributed by atoms with van der Waals surface area (Å²) >= 11 is 0. The van der Waals surface area contributed by atoms with Gasteiger partial charge < -0.3 is 11.1 Å². The van der Waals surface area contributed by atoms with Crippen molar-refractivity contribution in [1.29, 1.82) is 0 Å². The fourth-order valence-corrected chi connectivity index (χ4v) is 5.87. The Morgan fingerprint density at radius 2 is 1.67 bits per heavy atom. The van der Waals surface area contributed by atoms with Crippen LogP contribution in [-0.2, 0) is 6.42 Å². The summed E-state index contributed by atoms with van der Waals surface area (Å²) in [5, 5.41) is 8.33. The number of rotatable bonds is 6. The molecule has 6 rings (SSSR count). The normalized spacial score (nSPS) is 17.1. The lowest BCUT2D eigenvalue weighted by Crippen LogP contribution is -2.18. The van der Waals surface area contributed by atoms with Gasteiger partial charge in [-0.05, 0) is 55.7 Å². The van der Waals surface area contributed by atoms with Crippen molar-refractivity contribution in [2.75, 3.05) is 11.1 Å². The second-order valence-corrected chi connectivity index (χ2v) is 10.4. The summed E-state index contributed by atoms with van der Waals surface area (Å²) in [5.74, 6) is 1.98. The lowest BCUT2D eigenvalue weighted by molar-refractivity contribution is 0.443. The highest BCUT2D eigenvalue weighted by Gasteiger charge is 2.20. The number of hydrogen-bond donors (Lipinski definition) is 2. The van der Waals surface area contributed by atoms with Crippen molar-refractivity contribution >= 4 is 22.7 Å². The third-order valence-corrected chi connectivity index (χ3v) is 7.96. The van der Waals surface area contributed by atoms with E-state index in [0.717, 1.165) is 40.3 Å². The second kappa shape index (κ2) is 9.88. The van der Waals surface area contributed by atoms with E-state index in [0.29, 0.717) is 23.3 Å². The third kappa shape index (κ3) is 4.43. The van der Waals surface area contributed by atoms with Crippen molar-refractivity contribution < 1.29 is 0 Å². The number of pyridine rings is 1. The van der Waals surface area contributed by atoms with Crippen LogP contribution in [0.5, 0.6) is 0 Å². The molecule has 0 spiro atoms. The van der Waals surface area contributed by atoms with Crippen LogP contribution in [0.3, 0.4) is 0 Å². The average molecular weight is 482 g/mol. The van der Waals surface area contributed by atoms with Crippen molar-refractivity contribution in [3.05, 3.63) is 54.1 Å². The summed E-state index contributed by atoms with van der Waals surface area (Å²) < 4.78 is 1.92. The summed E-state index contributed by atoms with van der Waals surface area (Å²) in [7, 11) is 0. The Morgan fingerprint density at radius 3 is 2.42 bits per heavy atom. The van der Waals surface area contributed by atoms with Gasteiger partial charge in [-0.3, -0.25) is 0 Å². The number of nitrogens with one attached hydrogen (secondary N) is 1. The van der Waals surface area contributed by atoms with Gasteiger partial charge in [-0.1, -0.05) is 51.2 Å². The Bertz CT molecular complexity index is 1350. The second-order valence-electron chi connectivity index (χ2n) is 10.4. The molecule has 2 fully saturated rings. The number of aryl methyl sites for hydroxylation is 1. The smallest absolute Gasteiger partial charge is 0.151 e. The number of fused-ring (bicyclic) bond motifs is 1. The van der Waals surface area contributed by atoms with Crippen LogP contribution in [0.25, 0.3) is 27.8 Å². The first-order valence-corrected chi connectivity index (χ1v) is 13.6. The largest absolute Gasteiger partial charge is 0.382 e. The zero-order chi connectivity index (χ0) is 24.5. The molecule has 3 N–H and O–H groups in total. The maximum Gasteiger partial charge on any atom is 0.151 e. The first kappa shape index (κ1) is 23.0. The predicted molar refractivity (Wildman–Crippen MR) is 145 cm³/mol. The van der Waals surface area contributed by atoms with Gasteiger partial charge in [0.2, 0.25) is 0 Å². The van der Waals surface area contributed by atoms with Crippen molar-refractivity contribution in [1.82, 2.24) is 24.7 Å². The molecule has 186 valence electrons. The number of anilines is 2. The highest BCUT2D eigenvalue weighted by molar-refractivity contribution is 5.96. The molecule has 7 nitrogen and oxygen atoms in total. The minimum Gasteiger partial charge on any atom is -0.382 e. The third-order valence-electron chi connectivity index (χ3n) is 7.96. The molecule has 2 aliphatic carbocycles. The van der Waals surface area contributed by atoms with Crippen LogP contribution >= 0.6 is 0 Å². The van der Waals surface area contributed by atoms with Crippen LogP contribution < -0.4 is 11.1 Å². The predicted octanol–water partition coefficient (Wildman–Crippen LogP) is 6.42. The molecule has 4 aromatic rings. The Labute approximate surface area is 212 Å². The van der Waals surface area contributed by atoms with Gasteiger partial charge >= 0.3 is 0 Å². The number of hydrogen-bond acceptors (Lipinski definition) is 6. The molecule has 0 unspecified atom stereocenters. The minimum absolute atomic E-state index is 0.411. The van der Waals surface area contributed by atoms with E-state index >= 15 is 0 Å². The molecule has 1 aromatic carbocycles. The van der Waals surface area contributed by atoms with Crippen LogP contribution in [0.4, 0.5) is 11.6 Å². The molecular formula is C29H35N7. The van der Waals surface area contributed by atoms with E-state index in [2.05, 4.69) is 46.6 Å². The summed E-state index contributed by atoms with van der Waals surface area (Å²) in [4.78, 5) is 14.4. The van der Waals surface area contributed by atoms with Gasteiger partial charge in [0, 0.05) is 29.6 Å². The molecule has 2 saturated carbocycles. The highest BCUT2D eigenvalue weighted by atomic mass is 15.3. The van der Waals surface area contributed by atoms with Crippen molar-refractivity contribution in [3.63, 3.8) is 0 Å². The van der Waals surface area contributed by atoms with Gasteiger partial charge in [-0.25, -0.2) is 19.6 Å². The van der Waals surface area contributed by atoms with Gasteiger partial charge in [-0.2, -0.15) is 5.10 Å². The molecular weight excluding hydrogens is 446 g/mol. The monoisotopic (exact) mass is 481 g/mol. The molecule has 3 aromatic heterocycles. The molecule has 0 amide bonds. The zero-order valence-corrected chi connectivity index (χ0v) is 21.1. The van der Waals surface area contributed by atoms with E-state index in [1.807, 2.05) is 17.1 Å². The van der Waals surface area contributed by atoms with Crippen molar-refractivity contribution in [3.8, 4) is 16.8 Å². The van der Waals surface area contributed by atoms with Crippen molar-refractivity contribution in [2.45, 2.75) is 83.1 Å². The first-order valence-electron chi connectivity index (χ1n) is 13.6. The Kier molecular flexibility index (Phi) is 6.30. The van der Waals surface area contributed by atoms with E-state index in [9.17, 15) is 0 Å². The number of benzene rings is 1. The number of nitrogens with zero attached hydrogens (tertiary/aromatic N) is 5. The molecule has 0 saturated heterocycles. The lowest BCUT2D eigenvalue weighted by atomic mass is 9.84. The lowest BCUT2D eigenvalue weighted by Gasteiger charge is -2.22. The van der Waals surface area contributed by atoms with Gasteiger partial charge in [0.15, 0.2) is 5.82 Å². The number of aromatic nitrogens is 5. The van der Waals surface area contributed by atoms with E-state index in [1.165, 1.54) is 63.4 Å². The fraction of sp³-hybridized carbons (Fsp3) is 0.448. The molecule has 0 radical (unpaired) electrons. The van der Waals surface area contributed by atoms with Crippen LogP contribution in [0.2, 0.25) is 0 Å². The number of nitrogens with two attached hydrogens (primary N) is 1. The minimum atomic E-state index is 0.411. The van der Waals surface area contributed by atoms with Crippen LogP contribution in [0.1, 0.15) is 81.9 Å². The summed E-state index contributed by atoms with van der Waals surface area (Å²) in [6.45, 7) is 2.10. The molecule has 0 atom stereocenters. The SMILES string of the molecule is CCc1nc2c(N)ncc(-c3cnn(-c4ccc(C5CCCCC5)cc4)c3)c2nc1NC1CCCC1. The van der Waals surface area contributed by atoms with Crippen LogP contribution in [0, 0.1) is 0 Å². The zero-order valence-electron chi connectivity index (χ0n) is 21.1. The van der Waals surface area contributed by atoms with Crippen LogP contribution in [-0.4, -0.2) is 30.8 Å². The summed E-state index contributed by atoms with van der Waals surface area (Å²) in [6.07, 6.45) is 18.1. The van der Waals surface area contributed by atoms with E-state index in [1.54, 1.807) is 6.20 Å². The van der Waals surface area contributed by atoms with E-state index in [4.69, 9.17) is 15.7 Å².